The molecule has 6 aromatic rings. The molecule has 0 saturated heterocycles. The third-order valence-electron chi connectivity index (χ3n) is 7.54. The number of aryl methyl sites for hydroxylation is 1. The number of hydrogen-bond donors (Lipinski definition) is 3. The summed E-state index contributed by atoms with van der Waals surface area (Å²) in [6, 6.07) is 37.2. The van der Waals surface area contributed by atoms with Gasteiger partial charge < -0.3 is 20.5 Å². The molecule has 0 atom stereocenters. The highest BCUT2D eigenvalue weighted by molar-refractivity contribution is 8.00. The molecule has 9 heteroatoms. The van der Waals surface area contributed by atoms with Crippen LogP contribution in [0.1, 0.15) is 22.8 Å². The number of rotatable bonds is 10. The van der Waals surface area contributed by atoms with E-state index in [2.05, 4.69) is 45.6 Å². The van der Waals surface area contributed by atoms with Crippen LogP contribution < -0.4 is 16.0 Å². The van der Waals surface area contributed by atoms with E-state index in [9.17, 15) is 14.4 Å². The van der Waals surface area contributed by atoms with Gasteiger partial charge in [-0.05, 0) is 91.4 Å². The number of carbonyl (C=O) groups is 3. The first-order valence-corrected chi connectivity index (χ1v) is 16.4. The van der Waals surface area contributed by atoms with Crippen LogP contribution in [0.3, 0.4) is 0 Å². The fraction of sp³-hybridized carbons (Fsp3) is 0.0789. The predicted octanol–water partition coefficient (Wildman–Crippen LogP) is 8.61. The summed E-state index contributed by atoms with van der Waals surface area (Å²) in [6.45, 7) is 2.99. The summed E-state index contributed by atoms with van der Waals surface area (Å²) in [5, 5.41) is 11.4. The van der Waals surface area contributed by atoms with Crippen molar-refractivity contribution < 1.29 is 14.4 Å². The van der Waals surface area contributed by atoms with Gasteiger partial charge >= 0.3 is 0 Å². The van der Waals surface area contributed by atoms with Gasteiger partial charge in [0.05, 0.1) is 5.75 Å². The molecule has 1 aromatic heterocycles. The van der Waals surface area contributed by atoms with E-state index < -0.39 is 11.8 Å². The molecule has 47 heavy (non-hydrogen) atoms. The molecule has 0 aliphatic rings. The van der Waals surface area contributed by atoms with E-state index >= 15 is 0 Å². The summed E-state index contributed by atoms with van der Waals surface area (Å²) in [4.78, 5) is 39.9. The Kier molecular flexibility index (Phi) is 9.71. The minimum absolute atomic E-state index is 0.0636. The molecule has 0 radical (unpaired) electrons. The van der Waals surface area contributed by atoms with Crippen LogP contribution in [-0.2, 0) is 16.1 Å². The second-order valence-electron chi connectivity index (χ2n) is 10.7. The molecule has 0 unspecified atom stereocenters. The van der Waals surface area contributed by atoms with Gasteiger partial charge in [-0.1, -0.05) is 60.1 Å². The zero-order valence-corrected chi connectivity index (χ0v) is 27.1. The quantitative estimate of drug-likeness (QED) is 0.102. The largest absolute Gasteiger partial charge is 0.341 e. The van der Waals surface area contributed by atoms with Gasteiger partial charge in [-0.3, -0.25) is 14.4 Å². The van der Waals surface area contributed by atoms with Crippen molar-refractivity contribution >= 4 is 80.3 Å². The van der Waals surface area contributed by atoms with Crippen LogP contribution in [0.2, 0.25) is 5.02 Å². The highest BCUT2D eigenvalue weighted by Crippen LogP contribution is 2.31. The number of hydrogen-bond acceptors (Lipinski definition) is 4. The monoisotopic (exact) mass is 658 g/mol. The van der Waals surface area contributed by atoms with Crippen LogP contribution in [0.4, 0.5) is 11.4 Å². The van der Waals surface area contributed by atoms with Crippen molar-refractivity contribution in [1.29, 1.82) is 0 Å². The van der Waals surface area contributed by atoms with E-state index in [1.54, 1.807) is 66.7 Å². The summed E-state index contributed by atoms with van der Waals surface area (Å²) in [5.74, 6) is -0.797. The first-order chi connectivity index (χ1) is 22.9. The van der Waals surface area contributed by atoms with E-state index in [0.717, 1.165) is 33.4 Å². The maximum atomic E-state index is 13.3. The summed E-state index contributed by atoms with van der Waals surface area (Å²) in [6.07, 6.45) is 1.57. The molecule has 0 aliphatic carbocycles. The molecule has 3 N–H and O–H groups in total. The van der Waals surface area contributed by atoms with E-state index in [1.165, 1.54) is 17.3 Å². The number of aromatic nitrogens is 1. The number of carbonyl (C=O) groups excluding carboxylic acids is 3. The normalized spacial score (nSPS) is 11.4. The average molecular weight is 659 g/mol. The van der Waals surface area contributed by atoms with Crippen LogP contribution in [0.5, 0.6) is 0 Å². The summed E-state index contributed by atoms with van der Waals surface area (Å²) in [5.41, 5.74) is 4.75. The lowest BCUT2D eigenvalue weighted by Crippen LogP contribution is -2.30. The van der Waals surface area contributed by atoms with Crippen molar-refractivity contribution in [3.63, 3.8) is 0 Å². The lowest BCUT2D eigenvalue weighted by molar-refractivity contribution is -0.114. The van der Waals surface area contributed by atoms with Gasteiger partial charge in [-0.15, -0.1) is 11.8 Å². The van der Waals surface area contributed by atoms with E-state index in [4.69, 9.17) is 11.6 Å². The number of anilines is 2. The van der Waals surface area contributed by atoms with Crippen LogP contribution in [0.25, 0.3) is 27.9 Å². The Labute approximate surface area is 281 Å². The van der Waals surface area contributed by atoms with Crippen molar-refractivity contribution in [3.05, 3.63) is 143 Å². The zero-order valence-electron chi connectivity index (χ0n) is 25.5. The Morgan fingerprint density at radius 1 is 0.745 bits per heavy atom. The van der Waals surface area contributed by atoms with Crippen molar-refractivity contribution in [2.45, 2.75) is 18.4 Å². The first kappa shape index (κ1) is 31.7. The van der Waals surface area contributed by atoms with Gasteiger partial charge in [0, 0.05) is 55.2 Å². The lowest BCUT2D eigenvalue weighted by atomic mass is 10.1. The van der Waals surface area contributed by atoms with Gasteiger partial charge in [0.25, 0.3) is 11.8 Å². The SMILES string of the molecule is CCn1c2ccccc2c2cc(NC(=O)CSc3ccc(NC(=O)/C(=C/c4cccc(Cl)c4)NC(=O)c4ccccc4)cc3)ccc21. The molecule has 7 nitrogen and oxygen atoms in total. The Balaban J connectivity index is 1.09. The molecular formula is C38H31ClN4O3S. The van der Waals surface area contributed by atoms with Gasteiger partial charge in [0.2, 0.25) is 5.91 Å². The fourth-order valence-electron chi connectivity index (χ4n) is 5.36. The third kappa shape index (κ3) is 7.57. The van der Waals surface area contributed by atoms with Gasteiger partial charge in [-0.25, -0.2) is 0 Å². The zero-order chi connectivity index (χ0) is 32.8. The standard InChI is InChI=1S/C38H31ClN4O3S/c1-2-43-34-14-7-6-13-31(34)32-23-29(17-20-35(32)43)40-36(44)24-47-30-18-15-28(16-19-30)41-38(46)33(22-25-9-8-12-27(39)21-25)42-37(45)26-10-4-3-5-11-26/h3-23H,2,24H2,1H3,(H,40,44)(H,41,46)(H,42,45)/b33-22-. The fourth-order valence-corrected chi connectivity index (χ4v) is 6.25. The Morgan fingerprint density at radius 2 is 1.47 bits per heavy atom. The summed E-state index contributed by atoms with van der Waals surface area (Å²) in [7, 11) is 0. The predicted molar refractivity (Wildman–Crippen MR) is 193 cm³/mol. The van der Waals surface area contributed by atoms with Crippen molar-refractivity contribution in [3.8, 4) is 0 Å². The highest BCUT2D eigenvalue weighted by Gasteiger charge is 2.16. The van der Waals surface area contributed by atoms with Gasteiger partial charge in [0.15, 0.2) is 0 Å². The van der Waals surface area contributed by atoms with Crippen LogP contribution >= 0.6 is 23.4 Å². The van der Waals surface area contributed by atoms with E-state index in [-0.39, 0.29) is 17.4 Å². The molecule has 3 amide bonds. The Morgan fingerprint density at radius 3 is 2.23 bits per heavy atom. The average Bonchev–Trinajstić information content (AvgIpc) is 3.41. The molecule has 5 aromatic carbocycles. The van der Waals surface area contributed by atoms with Gasteiger partial charge in [-0.2, -0.15) is 0 Å². The highest BCUT2D eigenvalue weighted by atomic mass is 35.5. The first-order valence-electron chi connectivity index (χ1n) is 15.1. The van der Waals surface area contributed by atoms with Crippen molar-refractivity contribution in [1.82, 2.24) is 9.88 Å². The molecule has 0 fully saturated rings. The van der Waals surface area contributed by atoms with Crippen LogP contribution in [0.15, 0.2) is 132 Å². The third-order valence-corrected chi connectivity index (χ3v) is 8.79. The number of para-hydroxylation sites is 1. The maximum absolute atomic E-state index is 13.3. The number of fused-ring (bicyclic) bond motifs is 3. The second-order valence-corrected chi connectivity index (χ2v) is 12.2. The molecule has 1 heterocycles. The topological polar surface area (TPSA) is 92.2 Å². The number of benzene rings is 5. The van der Waals surface area contributed by atoms with Crippen LogP contribution in [0, 0.1) is 0 Å². The summed E-state index contributed by atoms with van der Waals surface area (Å²) < 4.78 is 2.27. The molecular weight excluding hydrogens is 628 g/mol. The smallest absolute Gasteiger partial charge is 0.272 e. The number of nitrogens with one attached hydrogen (secondary N) is 3. The van der Waals surface area contributed by atoms with Crippen molar-refractivity contribution in [2.75, 3.05) is 16.4 Å². The minimum atomic E-state index is -0.493. The molecule has 0 spiro atoms. The lowest BCUT2D eigenvalue weighted by Gasteiger charge is -2.12. The van der Waals surface area contributed by atoms with E-state index in [0.29, 0.717) is 21.8 Å². The van der Waals surface area contributed by atoms with E-state index in [1.807, 2.05) is 42.5 Å². The molecule has 0 bridgehead atoms. The van der Waals surface area contributed by atoms with Crippen molar-refractivity contribution in [2.24, 2.45) is 0 Å². The number of nitrogens with zero attached hydrogens (tertiary/aromatic N) is 1. The Hall–Kier alpha value is -5.31. The molecule has 6 rings (SSSR count). The Bertz CT molecular complexity index is 2120. The number of thioether (sulfide) groups is 1. The number of amides is 3. The van der Waals surface area contributed by atoms with Crippen LogP contribution in [-0.4, -0.2) is 28.0 Å². The summed E-state index contributed by atoms with van der Waals surface area (Å²) >= 11 is 7.54. The molecule has 234 valence electrons. The molecule has 0 aliphatic heterocycles. The minimum Gasteiger partial charge on any atom is -0.341 e. The number of halogens is 1. The second kappa shape index (κ2) is 14.4. The van der Waals surface area contributed by atoms with Gasteiger partial charge in [0.1, 0.15) is 5.70 Å². The molecule has 0 saturated carbocycles. The maximum Gasteiger partial charge on any atom is 0.272 e.